The van der Waals surface area contributed by atoms with Crippen LogP contribution in [0, 0.1) is 5.82 Å². The Balaban J connectivity index is 1.50. The maximum absolute atomic E-state index is 13.5. The second-order valence-electron chi connectivity index (χ2n) is 8.01. The summed E-state index contributed by atoms with van der Waals surface area (Å²) in [7, 11) is 0. The van der Waals surface area contributed by atoms with E-state index in [9.17, 15) is 9.18 Å². The molecule has 1 atom stereocenters. The number of benzene rings is 3. The molecule has 0 spiro atoms. The second kappa shape index (κ2) is 9.60. The van der Waals surface area contributed by atoms with Gasteiger partial charge in [-0.05, 0) is 55.0 Å². The molecular formula is C26H21ClFN5O2. The van der Waals surface area contributed by atoms with Gasteiger partial charge in [-0.3, -0.25) is 4.79 Å². The molecule has 4 aromatic rings. The quantitative estimate of drug-likeness (QED) is 0.369. The van der Waals surface area contributed by atoms with E-state index in [1.54, 1.807) is 41.1 Å². The topological polar surface area (TPSA) is 81.1 Å². The van der Waals surface area contributed by atoms with Gasteiger partial charge in [0.05, 0.1) is 5.57 Å². The highest BCUT2D eigenvalue weighted by Gasteiger charge is 2.35. The van der Waals surface area contributed by atoms with Crippen molar-refractivity contribution in [2.24, 2.45) is 0 Å². The molecule has 9 heteroatoms. The second-order valence-corrected chi connectivity index (χ2v) is 8.44. The molecule has 7 nitrogen and oxygen atoms in total. The van der Waals surface area contributed by atoms with E-state index in [1.807, 2.05) is 31.2 Å². The molecule has 0 fully saturated rings. The number of aromatic nitrogens is 3. The molecule has 176 valence electrons. The van der Waals surface area contributed by atoms with Crippen molar-refractivity contribution in [2.45, 2.75) is 19.6 Å². The molecule has 0 unspecified atom stereocenters. The first-order valence-corrected chi connectivity index (χ1v) is 11.3. The third kappa shape index (κ3) is 4.74. The Morgan fingerprint density at radius 3 is 2.63 bits per heavy atom. The van der Waals surface area contributed by atoms with Crippen molar-refractivity contribution in [1.29, 1.82) is 0 Å². The minimum atomic E-state index is -0.592. The van der Waals surface area contributed by atoms with Crippen LogP contribution < -0.4 is 15.4 Å². The molecule has 1 aliphatic rings. The summed E-state index contributed by atoms with van der Waals surface area (Å²) in [4.78, 5) is 17.8. The Bertz CT molecular complexity index is 1400. The summed E-state index contributed by atoms with van der Waals surface area (Å²) in [6.07, 6.45) is 1.44. The summed E-state index contributed by atoms with van der Waals surface area (Å²) < 4.78 is 21.1. The maximum atomic E-state index is 13.5. The number of fused-ring (bicyclic) bond motifs is 1. The lowest BCUT2D eigenvalue weighted by molar-refractivity contribution is -0.113. The average Bonchev–Trinajstić information content (AvgIpc) is 3.32. The van der Waals surface area contributed by atoms with Gasteiger partial charge in [-0.2, -0.15) is 10.1 Å². The van der Waals surface area contributed by atoms with E-state index >= 15 is 0 Å². The van der Waals surface area contributed by atoms with Gasteiger partial charge >= 0.3 is 0 Å². The molecule has 3 aromatic carbocycles. The summed E-state index contributed by atoms with van der Waals surface area (Å²) in [5.74, 6) is 0.495. The summed E-state index contributed by atoms with van der Waals surface area (Å²) in [5.41, 5.74) is 3.29. The molecule has 1 amide bonds. The van der Waals surface area contributed by atoms with Crippen LogP contribution in [-0.4, -0.2) is 20.7 Å². The fourth-order valence-corrected chi connectivity index (χ4v) is 4.11. The zero-order valence-electron chi connectivity index (χ0n) is 18.7. The summed E-state index contributed by atoms with van der Waals surface area (Å²) in [5, 5.41) is 11.1. The monoisotopic (exact) mass is 489 g/mol. The highest BCUT2D eigenvalue weighted by Crippen LogP contribution is 2.39. The van der Waals surface area contributed by atoms with Gasteiger partial charge in [0.2, 0.25) is 5.95 Å². The van der Waals surface area contributed by atoms with E-state index in [1.165, 1.54) is 18.5 Å². The van der Waals surface area contributed by atoms with Crippen LogP contribution in [-0.2, 0) is 11.4 Å². The minimum Gasteiger partial charge on any atom is -0.489 e. The number of allylic oxidation sites excluding steroid dienone is 1. The predicted octanol–water partition coefficient (Wildman–Crippen LogP) is 5.58. The number of hydrogen-bond acceptors (Lipinski definition) is 5. The first-order valence-electron chi connectivity index (χ1n) is 10.9. The largest absolute Gasteiger partial charge is 0.489 e. The highest BCUT2D eigenvalue weighted by molar-refractivity contribution is 6.30. The number of rotatable bonds is 6. The van der Waals surface area contributed by atoms with Crippen LogP contribution >= 0.6 is 11.6 Å². The molecule has 2 N–H and O–H groups in total. The van der Waals surface area contributed by atoms with Gasteiger partial charge in [0.15, 0.2) is 0 Å². The third-order valence-electron chi connectivity index (χ3n) is 5.66. The van der Waals surface area contributed by atoms with Crippen LogP contribution in [0.3, 0.4) is 0 Å². The van der Waals surface area contributed by atoms with E-state index in [0.717, 1.165) is 11.1 Å². The van der Waals surface area contributed by atoms with Crippen molar-refractivity contribution in [3.05, 3.63) is 112 Å². The number of halogens is 2. The van der Waals surface area contributed by atoms with Gasteiger partial charge in [0.25, 0.3) is 5.91 Å². The number of hydrogen-bond donors (Lipinski definition) is 2. The van der Waals surface area contributed by atoms with E-state index < -0.39 is 6.04 Å². The van der Waals surface area contributed by atoms with Crippen molar-refractivity contribution in [3.63, 3.8) is 0 Å². The molecule has 0 saturated heterocycles. The van der Waals surface area contributed by atoms with Crippen LogP contribution in [0.5, 0.6) is 5.75 Å². The standard InChI is InChI=1S/C26H21ClFN5O2/c1-16-23(25(34)32-20-12-8-18(27)9-13-20)24(33-26(31-16)29-15-30-33)21-4-2-3-5-22(21)35-14-17-6-10-19(28)11-7-17/h2-13,15,24H,14H2,1H3,(H,32,34)(H,29,30,31)/t24-/m0/s1. The Labute approximate surface area is 206 Å². The minimum absolute atomic E-state index is 0.238. The third-order valence-corrected chi connectivity index (χ3v) is 5.91. The van der Waals surface area contributed by atoms with Crippen molar-refractivity contribution in [3.8, 4) is 5.75 Å². The Kier molecular flexibility index (Phi) is 6.20. The number of anilines is 2. The molecule has 0 saturated carbocycles. The molecule has 35 heavy (non-hydrogen) atoms. The number of para-hydroxylation sites is 1. The lowest BCUT2D eigenvalue weighted by Gasteiger charge is -2.29. The summed E-state index contributed by atoms with van der Waals surface area (Å²) in [6.45, 7) is 2.06. The molecule has 2 heterocycles. The molecular weight excluding hydrogens is 469 g/mol. The fourth-order valence-electron chi connectivity index (χ4n) is 3.98. The smallest absolute Gasteiger partial charge is 0.255 e. The van der Waals surface area contributed by atoms with Gasteiger partial charge in [-0.15, -0.1) is 0 Å². The molecule has 0 bridgehead atoms. The van der Waals surface area contributed by atoms with E-state index in [2.05, 4.69) is 20.7 Å². The summed E-state index contributed by atoms with van der Waals surface area (Å²) in [6, 6.07) is 19.9. The Morgan fingerprint density at radius 1 is 1.11 bits per heavy atom. The van der Waals surface area contributed by atoms with E-state index in [-0.39, 0.29) is 18.3 Å². The SMILES string of the molecule is CC1=C(C(=O)Nc2ccc(Cl)cc2)[C@H](c2ccccc2OCc2ccc(F)cc2)n2ncnc2N1. The van der Waals surface area contributed by atoms with Gasteiger partial charge in [-0.1, -0.05) is 41.9 Å². The zero-order valence-corrected chi connectivity index (χ0v) is 19.5. The zero-order chi connectivity index (χ0) is 24.4. The Hall–Kier alpha value is -4.17. The highest BCUT2D eigenvalue weighted by atomic mass is 35.5. The van der Waals surface area contributed by atoms with Gasteiger partial charge in [-0.25, -0.2) is 9.07 Å². The van der Waals surface area contributed by atoms with E-state index in [0.29, 0.717) is 33.7 Å². The van der Waals surface area contributed by atoms with Crippen LogP contribution in [0.2, 0.25) is 5.02 Å². The first kappa shape index (κ1) is 22.6. The van der Waals surface area contributed by atoms with Crippen molar-refractivity contribution >= 4 is 29.1 Å². The number of carbonyl (C=O) groups is 1. The normalized spacial score (nSPS) is 14.8. The number of nitrogens with one attached hydrogen (secondary N) is 2. The Morgan fingerprint density at radius 2 is 1.86 bits per heavy atom. The lowest BCUT2D eigenvalue weighted by Crippen LogP contribution is -2.31. The molecule has 1 aliphatic heterocycles. The molecule has 5 rings (SSSR count). The van der Waals surface area contributed by atoms with E-state index in [4.69, 9.17) is 16.3 Å². The van der Waals surface area contributed by atoms with Crippen molar-refractivity contribution in [1.82, 2.24) is 14.8 Å². The van der Waals surface area contributed by atoms with Crippen molar-refractivity contribution in [2.75, 3.05) is 10.6 Å². The van der Waals surface area contributed by atoms with Crippen LogP contribution in [0.15, 0.2) is 90.4 Å². The van der Waals surface area contributed by atoms with Crippen LogP contribution in [0.1, 0.15) is 24.1 Å². The van der Waals surface area contributed by atoms with Crippen molar-refractivity contribution < 1.29 is 13.9 Å². The molecule has 1 aromatic heterocycles. The first-order chi connectivity index (χ1) is 17.0. The number of ether oxygens (including phenoxy) is 1. The lowest BCUT2D eigenvalue weighted by atomic mass is 9.94. The van der Waals surface area contributed by atoms with Crippen LogP contribution in [0.25, 0.3) is 0 Å². The fraction of sp³-hybridized carbons (Fsp3) is 0.115. The van der Waals surface area contributed by atoms with Crippen LogP contribution in [0.4, 0.5) is 16.0 Å². The van der Waals surface area contributed by atoms with Gasteiger partial charge in [0, 0.05) is 22.0 Å². The number of nitrogens with zero attached hydrogens (tertiary/aromatic N) is 3. The summed E-state index contributed by atoms with van der Waals surface area (Å²) >= 11 is 5.98. The predicted molar refractivity (Wildman–Crippen MR) is 132 cm³/mol. The molecule has 0 radical (unpaired) electrons. The average molecular weight is 490 g/mol. The van der Waals surface area contributed by atoms with Gasteiger partial charge < -0.3 is 15.4 Å². The molecule has 0 aliphatic carbocycles. The van der Waals surface area contributed by atoms with Gasteiger partial charge in [0.1, 0.15) is 30.5 Å². The number of carbonyl (C=O) groups excluding carboxylic acids is 1. The number of amides is 1. The maximum Gasteiger partial charge on any atom is 0.255 e.